The van der Waals surface area contributed by atoms with Gasteiger partial charge in [-0.3, -0.25) is 5.32 Å². The van der Waals surface area contributed by atoms with Crippen molar-refractivity contribution in [1.82, 2.24) is 5.32 Å². The zero-order valence-electron chi connectivity index (χ0n) is 8.09. The molecular weight excluding hydrogens is 256 g/mol. The van der Waals surface area contributed by atoms with Gasteiger partial charge in [-0.1, -0.05) is 23.4 Å². The minimum absolute atomic E-state index is 0.0477. The number of rotatable bonds is 1. The lowest BCUT2D eigenvalue weighted by atomic mass is 10.3. The summed E-state index contributed by atoms with van der Waals surface area (Å²) < 4.78 is 26.1. The predicted molar refractivity (Wildman–Crippen MR) is 60.7 cm³/mol. The van der Waals surface area contributed by atoms with E-state index in [-0.39, 0.29) is 10.9 Å². The predicted octanol–water partition coefficient (Wildman–Crippen LogP) is 3.04. The summed E-state index contributed by atoms with van der Waals surface area (Å²) in [6, 6.07) is 1.97. The molecule has 0 aliphatic heterocycles. The van der Waals surface area contributed by atoms with Crippen molar-refractivity contribution in [3.63, 3.8) is 0 Å². The summed E-state index contributed by atoms with van der Waals surface area (Å²) in [6.07, 6.45) is 3.34. The van der Waals surface area contributed by atoms with Gasteiger partial charge in [0.2, 0.25) is 0 Å². The first-order valence-electron chi connectivity index (χ1n) is 4.00. The second-order valence-corrected chi connectivity index (χ2v) is 3.75. The molecule has 0 saturated carbocycles. The fourth-order valence-electron chi connectivity index (χ4n) is 0.896. The molecule has 0 unspecified atom stereocenters. The highest BCUT2D eigenvalue weighted by Crippen LogP contribution is 2.25. The van der Waals surface area contributed by atoms with E-state index in [9.17, 15) is 8.78 Å². The molecule has 0 heterocycles. The zero-order valence-corrected chi connectivity index (χ0v) is 9.66. The highest BCUT2D eigenvalue weighted by Gasteiger charge is 2.08. The molecule has 0 atom stereocenters. The summed E-state index contributed by atoms with van der Waals surface area (Å²) in [5.41, 5.74) is 0.0477. The van der Waals surface area contributed by atoms with Crippen LogP contribution in [0.2, 0.25) is 5.02 Å². The molecule has 0 aromatic heterocycles. The van der Waals surface area contributed by atoms with Gasteiger partial charge in [0.1, 0.15) is 16.7 Å². The lowest BCUT2D eigenvalue weighted by molar-refractivity contribution is 0.585. The fraction of sp³-hybridized carbons (Fsp3) is 0.111. The summed E-state index contributed by atoms with van der Waals surface area (Å²) in [5.74, 6) is -1.78. The maximum Gasteiger partial charge on any atom is 0.183 e. The molecule has 1 N–H and O–H groups in total. The van der Waals surface area contributed by atoms with Crippen LogP contribution in [0.25, 0.3) is 0 Å². The quantitative estimate of drug-likeness (QED) is 0.278. The van der Waals surface area contributed by atoms with Crippen LogP contribution < -0.4 is 5.32 Å². The molecule has 0 spiro atoms. The number of nitrogens with one attached hydrogen (secondary N) is 1. The number of nitrogens with zero attached hydrogens (tertiary/aromatic N) is 2. The van der Waals surface area contributed by atoms with E-state index in [1.54, 1.807) is 12.4 Å². The molecule has 16 heavy (non-hydrogen) atoms. The minimum atomic E-state index is -0.891. The highest BCUT2D eigenvalue weighted by molar-refractivity contribution is 8.13. The van der Waals surface area contributed by atoms with Gasteiger partial charge in [-0.05, 0) is 6.26 Å². The maximum absolute atomic E-state index is 13.0. The van der Waals surface area contributed by atoms with E-state index in [0.29, 0.717) is 0 Å². The Morgan fingerprint density at radius 1 is 1.50 bits per heavy atom. The fourth-order valence-corrected chi connectivity index (χ4v) is 1.35. The maximum atomic E-state index is 13.0. The summed E-state index contributed by atoms with van der Waals surface area (Å²) in [5, 5.41) is 10.3. The van der Waals surface area contributed by atoms with Gasteiger partial charge in [0.05, 0.1) is 5.69 Å². The van der Waals surface area contributed by atoms with Crippen LogP contribution in [0.4, 0.5) is 14.5 Å². The third-order valence-electron chi connectivity index (χ3n) is 1.56. The van der Waals surface area contributed by atoms with Crippen LogP contribution in [0, 0.1) is 23.1 Å². The van der Waals surface area contributed by atoms with Crippen LogP contribution in [-0.4, -0.2) is 11.4 Å². The van der Waals surface area contributed by atoms with Gasteiger partial charge in [0, 0.05) is 12.1 Å². The lowest BCUT2D eigenvalue weighted by Crippen LogP contribution is -2.12. The first-order chi connectivity index (χ1) is 7.58. The number of hydrogen-bond donors (Lipinski definition) is 1. The molecule has 0 saturated heterocycles. The number of benzene rings is 1. The molecule has 1 aromatic rings. The van der Waals surface area contributed by atoms with Crippen LogP contribution in [0.3, 0.4) is 0 Å². The third-order valence-corrected chi connectivity index (χ3v) is 2.50. The Labute approximate surface area is 100 Å². The lowest BCUT2D eigenvalue weighted by Gasteiger charge is -2.01. The van der Waals surface area contributed by atoms with E-state index in [4.69, 9.17) is 16.9 Å². The monoisotopic (exact) mass is 261 g/mol. The molecular formula is C9H6ClF2N3S. The van der Waals surface area contributed by atoms with Gasteiger partial charge in [0.15, 0.2) is 11.4 Å². The average Bonchev–Trinajstić information content (AvgIpc) is 2.25. The van der Waals surface area contributed by atoms with Gasteiger partial charge in [0.25, 0.3) is 0 Å². The molecule has 0 radical (unpaired) electrons. The molecule has 0 amide bonds. The molecule has 3 nitrogen and oxygen atoms in total. The van der Waals surface area contributed by atoms with Crippen molar-refractivity contribution < 1.29 is 8.78 Å². The van der Waals surface area contributed by atoms with Gasteiger partial charge in [-0.25, -0.2) is 13.8 Å². The summed E-state index contributed by atoms with van der Waals surface area (Å²) in [4.78, 5) is 3.84. The van der Waals surface area contributed by atoms with Gasteiger partial charge < -0.3 is 0 Å². The van der Waals surface area contributed by atoms with Crippen LogP contribution in [0.15, 0.2) is 17.1 Å². The molecule has 0 fully saturated rings. The van der Waals surface area contributed by atoms with E-state index >= 15 is 0 Å². The second kappa shape index (κ2) is 5.68. The zero-order chi connectivity index (χ0) is 12.1. The molecule has 0 aliphatic carbocycles. The van der Waals surface area contributed by atoms with Gasteiger partial charge in [-0.15, -0.1) is 0 Å². The molecule has 1 rings (SSSR count). The Morgan fingerprint density at radius 3 is 2.50 bits per heavy atom. The Hall–Kier alpha value is -1.32. The SMILES string of the molecule is CSC(=Nc1cc(F)c(Cl)c(F)c1)NC#N. The number of halogens is 3. The molecule has 84 valence electrons. The Kier molecular flexibility index (Phi) is 4.52. The number of thioether (sulfide) groups is 1. The minimum Gasteiger partial charge on any atom is -0.271 e. The topological polar surface area (TPSA) is 48.2 Å². The van der Waals surface area contributed by atoms with E-state index in [1.807, 2.05) is 0 Å². The van der Waals surface area contributed by atoms with Crippen molar-refractivity contribution in [1.29, 1.82) is 5.26 Å². The van der Waals surface area contributed by atoms with E-state index in [0.717, 1.165) is 23.9 Å². The van der Waals surface area contributed by atoms with Crippen molar-refractivity contribution in [3.05, 3.63) is 28.8 Å². The first kappa shape index (κ1) is 12.7. The highest BCUT2D eigenvalue weighted by atomic mass is 35.5. The van der Waals surface area contributed by atoms with Crippen molar-refractivity contribution in [2.24, 2.45) is 4.99 Å². The van der Waals surface area contributed by atoms with Crippen molar-refractivity contribution >= 4 is 34.2 Å². The largest absolute Gasteiger partial charge is 0.271 e. The molecule has 0 aliphatic rings. The number of amidine groups is 1. The Balaban J connectivity index is 3.11. The van der Waals surface area contributed by atoms with Crippen molar-refractivity contribution in [3.8, 4) is 6.19 Å². The second-order valence-electron chi connectivity index (χ2n) is 2.58. The standard InChI is InChI=1S/C9H6ClF2N3S/c1-16-9(14-4-13)15-5-2-6(11)8(10)7(12)3-5/h2-3H,1H3,(H,14,15). The summed E-state index contributed by atoms with van der Waals surface area (Å²) >= 11 is 6.45. The average molecular weight is 262 g/mol. The number of aliphatic imine (C=N–C) groups is 1. The van der Waals surface area contributed by atoms with E-state index in [1.165, 1.54) is 0 Å². The van der Waals surface area contributed by atoms with Crippen LogP contribution in [-0.2, 0) is 0 Å². The smallest absolute Gasteiger partial charge is 0.183 e. The van der Waals surface area contributed by atoms with Gasteiger partial charge in [-0.2, -0.15) is 5.26 Å². The van der Waals surface area contributed by atoms with Crippen molar-refractivity contribution in [2.75, 3.05) is 6.26 Å². The van der Waals surface area contributed by atoms with Gasteiger partial charge >= 0.3 is 0 Å². The summed E-state index contributed by atoms with van der Waals surface area (Å²) in [7, 11) is 0. The Bertz CT molecular complexity index is 447. The summed E-state index contributed by atoms with van der Waals surface area (Å²) in [6.45, 7) is 0. The van der Waals surface area contributed by atoms with Crippen molar-refractivity contribution in [2.45, 2.75) is 0 Å². The van der Waals surface area contributed by atoms with E-state index in [2.05, 4.69) is 10.3 Å². The normalized spacial score (nSPS) is 11.1. The molecule has 7 heteroatoms. The third kappa shape index (κ3) is 3.08. The molecule has 0 bridgehead atoms. The van der Waals surface area contributed by atoms with E-state index < -0.39 is 16.7 Å². The van der Waals surface area contributed by atoms with Crippen LogP contribution >= 0.6 is 23.4 Å². The Morgan fingerprint density at radius 2 is 2.06 bits per heavy atom. The van der Waals surface area contributed by atoms with Crippen LogP contribution in [0.1, 0.15) is 0 Å². The number of nitriles is 1. The van der Waals surface area contributed by atoms with Crippen LogP contribution in [0.5, 0.6) is 0 Å². The number of hydrogen-bond acceptors (Lipinski definition) is 3. The molecule has 1 aromatic carbocycles. The first-order valence-corrected chi connectivity index (χ1v) is 5.61.